The highest BCUT2D eigenvalue weighted by atomic mass is 16.2. The van der Waals surface area contributed by atoms with E-state index >= 15 is 0 Å². The maximum Gasteiger partial charge on any atom is 0.242 e. The zero-order valence-corrected chi connectivity index (χ0v) is 11.9. The number of carbonyl (C=O) groups excluding carboxylic acids is 1. The van der Waals surface area contributed by atoms with Gasteiger partial charge < -0.3 is 10.2 Å². The van der Waals surface area contributed by atoms with E-state index in [4.69, 9.17) is 0 Å². The van der Waals surface area contributed by atoms with E-state index in [0.29, 0.717) is 5.91 Å². The molecule has 0 aliphatic carbocycles. The van der Waals surface area contributed by atoms with Gasteiger partial charge in [0, 0.05) is 26.2 Å². The first-order valence-electron chi connectivity index (χ1n) is 7.37. The zero-order chi connectivity index (χ0) is 13.0. The molecule has 1 amide bonds. The Balaban J connectivity index is 2.00. The summed E-state index contributed by atoms with van der Waals surface area (Å²) in [5, 5.41) is 3.30. The van der Waals surface area contributed by atoms with E-state index in [2.05, 4.69) is 24.1 Å². The van der Waals surface area contributed by atoms with Gasteiger partial charge in [-0.3, -0.25) is 9.69 Å². The highest BCUT2D eigenvalue weighted by Gasteiger charge is 2.37. The van der Waals surface area contributed by atoms with Crippen molar-refractivity contribution in [2.45, 2.75) is 45.1 Å². The molecule has 0 aromatic heterocycles. The van der Waals surface area contributed by atoms with Gasteiger partial charge in [-0.2, -0.15) is 0 Å². The highest BCUT2D eigenvalue weighted by Crippen LogP contribution is 2.22. The van der Waals surface area contributed by atoms with Gasteiger partial charge in [0.15, 0.2) is 0 Å². The molecule has 1 N–H and O–H groups in total. The topological polar surface area (TPSA) is 35.6 Å². The maximum atomic E-state index is 12.7. The van der Waals surface area contributed by atoms with Gasteiger partial charge in [-0.05, 0) is 39.8 Å². The van der Waals surface area contributed by atoms with Gasteiger partial charge in [-0.1, -0.05) is 12.8 Å². The van der Waals surface area contributed by atoms with Gasteiger partial charge in [-0.15, -0.1) is 0 Å². The molecule has 0 spiro atoms. The Kier molecular flexibility index (Phi) is 4.62. The first kappa shape index (κ1) is 13.8. The first-order valence-corrected chi connectivity index (χ1v) is 7.37. The molecule has 4 heteroatoms. The third kappa shape index (κ3) is 3.04. The molecular weight excluding hydrogens is 226 g/mol. The Morgan fingerprint density at radius 3 is 2.06 bits per heavy atom. The number of amides is 1. The van der Waals surface area contributed by atoms with Gasteiger partial charge in [0.05, 0.1) is 5.54 Å². The first-order chi connectivity index (χ1) is 8.62. The van der Waals surface area contributed by atoms with Gasteiger partial charge in [-0.25, -0.2) is 0 Å². The molecule has 2 saturated heterocycles. The summed E-state index contributed by atoms with van der Waals surface area (Å²) >= 11 is 0. The number of piperazine rings is 1. The van der Waals surface area contributed by atoms with Crippen LogP contribution in [0, 0.1) is 0 Å². The van der Waals surface area contributed by atoms with Crippen molar-refractivity contribution in [1.82, 2.24) is 15.1 Å². The van der Waals surface area contributed by atoms with E-state index in [-0.39, 0.29) is 5.54 Å². The maximum absolute atomic E-state index is 12.7. The minimum Gasteiger partial charge on any atom is -0.339 e. The summed E-state index contributed by atoms with van der Waals surface area (Å²) < 4.78 is 0. The third-order valence-electron chi connectivity index (χ3n) is 4.32. The summed E-state index contributed by atoms with van der Waals surface area (Å²) in [6, 6.07) is 0. The van der Waals surface area contributed by atoms with Crippen LogP contribution in [0.1, 0.15) is 39.5 Å². The van der Waals surface area contributed by atoms with Crippen LogP contribution in [0.5, 0.6) is 0 Å². The molecule has 0 unspecified atom stereocenters. The van der Waals surface area contributed by atoms with Crippen molar-refractivity contribution in [1.29, 1.82) is 0 Å². The predicted octanol–water partition coefficient (Wildman–Crippen LogP) is 1.07. The molecule has 0 bridgehead atoms. The Morgan fingerprint density at radius 2 is 1.50 bits per heavy atom. The fraction of sp³-hybridized carbons (Fsp3) is 0.929. The minimum atomic E-state index is -0.332. The summed E-state index contributed by atoms with van der Waals surface area (Å²) in [6.07, 6.45) is 5.10. The summed E-state index contributed by atoms with van der Waals surface area (Å²) in [7, 11) is 0. The highest BCUT2D eigenvalue weighted by molar-refractivity contribution is 5.85. The van der Waals surface area contributed by atoms with Crippen molar-refractivity contribution in [3.8, 4) is 0 Å². The monoisotopic (exact) mass is 253 g/mol. The molecule has 18 heavy (non-hydrogen) atoms. The molecule has 0 aromatic rings. The predicted molar refractivity (Wildman–Crippen MR) is 73.6 cm³/mol. The molecular formula is C14H27N3O. The van der Waals surface area contributed by atoms with Crippen LogP contribution < -0.4 is 5.32 Å². The summed E-state index contributed by atoms with van der Waals surface area (Å²) in [5.41, 5.74) is -0.332. The van der Waals surface area contributed by atoms with Crippen molar-refractivity contribution < 1.29 is 4.79 Å². The van der Waals surface area contributed by atoms with Crippen LogP contribution in [0.3, 0.4) is 0 Å². The number of nitrogens with one attached hydrogen (secondary N) is 1. The number of hydrogen-bond acceptors (Lipinski definition) is 3. The Morgan fingerprint density at radius 1 is 0.944 bits per heavy atom. The van der Waals surface area contributed by atoms with Gasteiger partial charge in [0.25, 0.3) is 0 Å². The number of likely N-dealkylation sites (tertiary alicyclic amines) is 1. The lowest BCUT2D eigenvalue weighted by Gasteiger charge is -2.41. The van der Waals surface area contributed by atoms with E-state index in [1.807, 2.05) is 4.90 Å². The van der Waals surface area contributed by atoms with Crippen molar-refractivity contribution in [2.75, 3.05) is 39.3 Å². The van der Waals surface area contributed by atoms with E-state index in [1.165, 1.54) is 25.7 Å². The van der Waals surface area contributed by atoms with E-state index in [1.54, 1.807) is 0 Å². The third-order valence-corrected chi connectivity index (χ3v) is 4.32. The summed E-state index contributed by atoms with van der Waals surface area (Å²) in [6.45, 7) is 9.93. The summed E-state index contributed by atoms with van der Waals surface area (Å²) in [4.78, 5) is 17.1. The van der Waals surface area contributed by atoms with E-state index in [9.17, 15) is 4.79 Å². The van der Waals surface area contributed by atoms with Crippen LogP contribution in [-0.4, -0.2) is 60.5 Å². The van der Waals surface area contributed by atoms with Crippen LogP contribution in [-0.2, 0) is 4.79 Å². The minimum absolute atomic E-state index is 0.311. The van der Waals surface area contributed by atoms with Crippen molar-refractivity contribution in [3.63, 3.8) is 0 Å². The average Bonchev–Trinajstić information content (AvgIpc) is 2.68. The van der Waals surface area contributed by atoms with Gasteiger partial charge >= 0.3 is 0 Å². The molecule has 104 valence electrons. The second-order valence-electron chi connectivity index (χ2n) is 6.00. The number of carbonyl (C=O) groups is 1. The van der Waals surface area contributed by atoms with Crippen molar-refractivity contribution >= 4 is 5.91 Å². The molecule has 4 nitrogen and oxygen atoms in total. The molecule has 0 radical (unpaired) electrons. The fourth-order valence-corrected chi connectivity index (χ4v) is 3.02. The van der Waals surface area contributed by atoms with Gasteiger partial charge in [0.2, 0.25) is 5.91 Å². The van der Waals surface area contributed by atoms with Crippen LogP contribution in [0.2, 0.25) is 0 Å². The lowest BCUT2D eigenvalue weighted by molar-refractivity contribution is -0.143. The van der Waals surface area contributed by atoms with Crippen molar-refractivity contribution in [2.24, 2.45) is 0 Å². The lowest BCUT2D eigenvalue weighted by atomic mass is 9.99. The van der Waals surface area contributed by atoms with E-state index in [0.717, 1.165) is 39.3 Å². The molecule has 2 aliphatic heterocycles. The number of nitrogens with zero attached hydrogens (tertiary/aromatic N) is 2. The standard InChI is InChI=1S/C14H27N3O/c1-14(2,17-9-5-3-4-6-10-17)13(18)16-11-7-15-8-12-16/h15H,3-12H2,1-2H3. The molecule has 2 fully saturated rings. The molecule has 2 rings (SSSR count). The Bertz CT molecular complexity index is 277. The smallest absolute Gasteiger partial charge is 0.242 e. The number of rotatable bonds is 2. The van der Waals surface area contributed by atoms with Crippen molar-refractivity contribution in [3.05, 3.63) is 0 Å². The van der Waals surface area contributed by atoms with E-state index < -0.39 is 0 Å². The van der Waals surface area contributed by atoms with Crippen LogP contribution in [0.15, 0.2) is 0 Å². The molecule has 2 aliphatic rings. The second-order valence-corrected chi connectivity index (χ2v) is 6.00. The largest absolute Gasteiger partial charge is 0.339 e. The van der Waals surface area contributed by atoms with Gasteiger partial charge in [0.1, 0.15) is 0 Å². The fourth-order valence-electron chi connectivity index (χ4n) is 3.02. The lowest BCUT2D eigenvalue weighted by Crippen LogP contribution is -2.59. The average molecular weight is 253 g/mol. The number of hydrogen-bond donors (Lipinski definition) is 1. The summed E-state index contributed by atoms with van der Waals surface area (Å²) in [5.74, 6) is 0.311. The molecule has 0 saturated carbocycles. The quantitative estimate of drug-likeness (QED) is 0.800. The zero-order valence-electron chi connectivity index (χ0n) is 11.9. The van der Waals surface area contributed by atoms with Crippen LogP contribution >= 0.6 is 0 Å². The SMILES string of the molecule is CC(C)(C(=O)N1CCNCC1)N1CCCCCC1. The Hall–Kier alpha value is -0.610. The van der Waals surface area contributed by atoms with Crippen LogP contribution in [0.4, 0.5) is 0 Å². The molecule has 0 aromatic carbocycles. The normalized spacial score (nSPS) is 23.8. The second kappa shape index (κ2) is 6.02. The molecule has 0 atom stereocenters. The Labute approximate surface area is 111 Å². The van der Waals surface area contributed by atoms with Crippen LogP contribution in [0.25, 0.3) is 0 Å². The molecule has 2 heterocycles.